The molecule has 1 N–H and O–H groups in total. The Morgan fingerprint density at radius 3 is 2.54 bits per heavy atom. The minimum atomic E-state index is -2.98. The number of carbonyl (C=O) groups is 1. The average molecular weight is 375 g/mol. The van der Waals surface area contributed by atoms with E-state index in [0.29, 0.717) is 31.0 Å². The molecule has 3 heterocycles. The van der Waals surface area contributed by atoms with Crippen molar-refractivity contribution in [3.8, 4) is 0 Å². The van der Waals surface area contributed by atoms with Crippen LogP contribution in [0.25, 0.3) is 0 Å². The first-order valence-corrected chi connectivity index (χ1v) is 10.3. The second-order valence-corrected chi connectivity index (χ2v) is 8.38. The molecule has 0 saturated carbocycles. The molecule has 9 heteroatoms. The predicted molar refractivity (Wildman–Crippen MR) is 97.5 cm³/mol. The highest BCUT2D eigenvalue weighted by Crippen LogP contribution is 2.21. The summed E-state index contributed by atoms with van der Waals surface area (Å²) in [6.07, 6.45) is 6.85. The first-order chi connectivity index (χ1) is 12.5. The fourth-order valence-electron chi connectivity index (χ4n) is 2.96. The number of sulfone groups is 1. The van der Waals surface area contributed by atoms with E-state index in [1.54, 1.807) is 12.4 Å². The van der Waals surface area contributed by atoms with Crippen molar-refractivity contribution in [2.24, 2.45) is 0 Å². The van der Waals surface area contributed by atoms with Gasteiger partial charge in [-0.2, -0.15) is 0 Å². The molecule has 1 saturated heterocycles. The maximum Gasteiger partial charge on any atom is 0.254 e. The summed E-state index contributed by atoms with van der Waals surface area (Å²) in [5, 5.41) is 2.80. The lowest BCUT2D eigenvalue weighted by Gasteiger charge is -2.26. The summed E-state index contributed by atoms with van der Waals surface area (Å²) < 4.78 is 23.4. The van der Waals surface area contributed by atoms with Gasteiger partial charge in [-0.05, 0) is 31.0 Å². The molecular weight excluding hydrogens is 354 g/mol. The van der Waals surface area contributed by atoms with Gasteiger partial charge in [-0.25, -0.2) is 18.4 Å². The molecule has 1 aliphatic rings. The molecule has 8 nitrogen and oxygen atoms in total. The van der Waals surface area contributed by atoms with Gasteiger partial charge < -0.3 is 10.2 Å². The Kier molecular flexibility index (Phi) is 5.46. The average Bonchev–Trinajstić information content (AvgIpc) is 3.01. The molecule has 1 unspecified atom stereocenters. The summed E-state index contributed by atoms with van der Waals surface area (Å²) in [7, 11) is -2.98. The van der Waals surface area contributed by atoms with Crippen molar-refractivity contribution in [2.45, 2.75) is 25.9 Å². The van der Waals surface area contributed by atoms with E-state index < -0.39 is 9.84 Å². The van der Waals surface area contributed by atoms with Crippen LogP contribution in [0.1, 0.15) is 29.3 Å². The minimum Gasteiger partial charge on any atom is -0.348 e. The third-order valence-corrected chi connectivity index (χ3v) is 6.10. The van der Waals surface area contributed by atoms with Crippen LogP contribution in [0.3, 0.4) is 0 Å². The molecule has 2 aromatic rings. The molecule has 0 spiro atoms. The van der Waals surface area contributed by atoms with Crippen LogP contribution in [0.2, 0.25) is 0 Å². The number of hydrogen-bond donors (Lipinski definition) is 1. The summed E-state index contributed by atoms with van der Waals surface area (Å²) >= 11 is 0. The Bertz CT molecular complexity index is 856. The number of aromatic nitrogens is 3. The quantitative estimate of drug-likeness (QED) is 0.797. The van der Waals surface area contributed by atoms with Crippen molar-refractivity contribution in [1.29, 1.82) is 0 Å². The number of anilines is 1. The van der Waals surface area contributed by atoms with Crippen molar-refractivity contribution in [1.82, 2.24) is 20.3 Å². The second-order valence-electron chi connectivity index (χ2n) is 6.15. The molecule has 1 aliphatic heterocycles. The summed E-state index contributed by atoms with van der Waals surface area (Å²) in [4.78, 5) is 26.6. The maximum absolute atomic E-state index is 12.2. The number of amides is 1. The molecule has 2 aromatic heterocycles. The highest BCUT2D eigenvalue weighted by Gasteiger charge is 2.32. The Hall–Kier alpha value is -2.55. The van der Waals surface area contributed by atoms with E-state index in [1.807, 2.05) is 24.0 Å². The standard InChI is InChI=1S/C17H21N5O3S/c1-2-22(15-5-8-26(24,25)12-15)17-20-10-14(11-21-17)16(23)19-9-13-3-6-18-7-4-13/h3-4,6-7,10-11,15H,2,5,8-9,12H2,1H3,(H,19,23). The summed E-state index contributed by atoms with van der Waals surface area (Å²) in [5.41, 5.74) is 1.31. The van der Waals surface area contributed by atoms with Crippen molar-refractivity contribution in [2.75, 3.05) is 23.0 Å². The van der Waals surface area contributed by atoms with Gasteiger partial charge >= 0.3 is 0 Å². The fraction of sp³-hybridized carbons (Fsp3) is 0.412. The predicted octanol–water partition coefficient (Wildman–Crippen LogP) is 0.815. The molecule has 1 atom stereocenters. The van der Waals surface area contributed by atoms with Gasteiger partial charge in [0.05, 0.1) is 17.1 Å². The molecule has 1 amide bonds. The Labute approximate surface area is 152 Å². The highest BCUT2D eigenvalue weighted by atomic mass is 32.2. The lowest BCUT2D eigenvalue weighted by atomic mass is 10.2. The second kappa shape index (κ2) is 7.77. The monoisotopic (exact) mass is 375 g/mol. The minimum absolute atomic E-state index is 0.114. The van der Waals surface area contributed by atoms with E-state index >= 15 is 0 Å². The van der Waals surface area contributed by atoms with Gasteiger partial charge in [0.2, 0.25) is 5.95 Å². The van der Waals surface area contributed by atoms with Crippen molar-refractivity contribution >= 4 is 21.7 Å². The molecule has 1 fully saturated rings. The van der Waals surface area contributed by atoms with E-state index in [-0.39, 0.29) is 23.5 Å². The van der Waals surface area contributed by atoms with Crippen molar-refractivity contribution < 1.29 is 13.2 Å². The zero-order valence-electron chi connectivity index (χ0n) is 14.5. The molecule has 0 bridgehead atoms. The van der Waals surface area contributed by atoms with Gasteiger partial charge in [0.15, 0.2) is 9.84 Å². The van der Waals surface area contributed by atoms with Gasteiger partial charge in [0, 0.05) is 43.9 Å². The normalized spacial score (nSPS) is 18.4. The van der Waals surface area contributed by atoms with Gasteiger partial charge in [-0.3, -0.25) is 9.78 Å². The Morgan fingerprint density at radius 1 is 1.27 bits per heavy atom. The van der Waals surface area contributed by atoms with Crippen LogP contribution in [-0.2, 0) is 16.4 Å². The molecule has 0 radical (unpaired) electrons. The smallest absolute Gasteiger partial charge is 0.254 e. The van der Waals surface area contributed by atoms with Gasteiger partial charge in [0.25, 0.3) is 5.91 Å². The van der Waals surface area contributed by atoms with E-state index in [9.17, 15) is 13.2 Å². The van der Waals surface area contributed by atoms with Gasteiger partial charge in [-0.15, -0.1) is 0 Å². The van der Waals surface area contributed by atoms with Crippen LogP contribution in [0.4, 0.5) is 5.95 Å². The first-order valence-electron chi connectivity index (χ1n) is 8.44. The summed E-state index contributed by atoms with van der Waals surface area (Å²) in [6, 6.07) is 3.54. The molecule has 0 aliphatic carbocycles. The largest absolute Gasteiger partial charge is 0.348 e. The number of pyridine rings is 1. The number of rotatable bonds is 6. The van der Waals surface area contributed by atoms with E-state index in [4.69, 9.17) is 0 Å². The number of carbonyl (C=O) groups excluding carboxylic acids is 1. The zero-order valence-corrected chi connectivity index (χ0v) is 15.3. The molecule has 138 valence electrons. The van der Waals surface area contributed by atoms with Crippen LogP contribution in [0, 0.1) is 0 Å². The van der Waals surface area contributed by atoms with E-state index in [2.05, 4.69) is 20.3 Å². The Morgan fingerprint density at radius 2 is 1.96 bits per heavy atom. The van der Waals surface area contributed by atoms with Crippen molar-refractivity contribution in [3.05, 3.63) is 48.0 Å². The number of nitrogens with one attached hydrogen (secondary N) is 1. The van der Waals surface area contributed by atoms with Crippen LogP contribution in [-0.4, -0.2) is 53.4 Å². The SMILES string of the molecule is CCN(c1ncc(C(=O)NCc2ccncc2)cn1)C1CCS(=O)(=O)C1. The summed E-state index contributed by atoms with van der Waals surface area (Å²) in [5.74, 6) is 0.502. The lowest BCUT2D eigenvalue weighted by Crippen LogP contribution is -2.37. The van der Waals surface area contributed by atoms with Crippen LogP contribution >= 0.6 is 0 Å². The van der Waals surface area contributed by atoms with Gasteiger partial charge in [-0.1, -0.05) is 0 Å². The number of nitrogens with zero attached hydrogens (tertiary/aromatic N) is 4. The first kappa shape index (κ1) is 18.2. The third-order valence-electron chi connectivity index (χ3n) is 4.35. The fourth-order valence-corrected chi connectivity index (χ4v) is 4.69. The summed E-state index contributed by atoms with van der Waals surface area (Å²) in [6.45, 7) is 2.93. The van der Waals surface area contributed by atoms with Crippen molar-refractivity contribution in [3.63, 3.8) is 0 Å². The lowest BCUT2D eigenvalue weighted by molar-refractivity contribution is 0.0950. The van der Waals surface area contributed by atoms with Crippen LogP contribution < -0.4 is 10.2 Å². The van der Waals surface area contributed by atoms with E-state index in [0.717, 1.165) is 5.56 Å². The molecule has 26 heavy (non-hydrogen) atoms. The zero-order chi connectivity index (χ0) is 18.6. The van der Waals surface area contributed by atoms with Crippen LogP contribution in [0.15, 0.2) is 36.9 Å². The third kappa shape index (κ3) is 4.34. The maximum atomic E-state index is 12.2. The Balaban J connectivity index is 1.64. The molecular formula is C17H21N5O3S. The number of hydrogen-bond acceptors (Lipinski definition) is 7. The van der Waals surface area contributed by atoms with E-state index in [1.165, 1.54) is 12.4 Å². The molecule has 0 aromatic carbocycles. The topological polar surface area (TPSA) is 105 Å². The molecule has 3 rings (SSSR count). The van der Waals surface area contributed by atoms with Gasteiger partial charge in [0.1, 0.15) is 0 Å². The highest BCUT2D eigenvalue weighted by molar-refractivity contribution is 7.91. The van der Waals surface area contributed by atoms with Crippen LogP contribution in [0.5, 0.6) is 0 Å².